The van der Waals surface area contributed by atoms with Crippen molar-refractivity contribution in [2.45, 2.75) is 25.8 Å². The van der Waals surface area contributed by atoms with Crippen LogP contribution in [-0.4, -0.2) is 17.6 Å². The van der Waals surface area contributed by atoms with Crippen LogP contribution < -0.4 is 11.1 Å². The summed E-state index contributed by atoms with van der Waals surface area (Å²) in [7, 11) is 0. The molecular formula is C17H18N2O3S. The highest BCUT2D eigenvalue weighted by atomic mass is 32.1. The van der Waals surface area contributed by atoms with E-state index in [9.17, 15) is 14.4 Å². The largest absolute Gasteiger partial charge is 0.368 e. The fourth-order valence-corrected chi connectivity index (χ4v) is 2.97. The molecule has 2 aromatic rings. The predicted molar refractivity (Wildman–Crippen MR) is 89.1 cm³/mol. The maximum Gasteiger partial charge on any atom is 0.244 e. The monoisotopic (exact) mass is 330 g/mol. The smallest absolute Gasteiger partial charge is 0.244 e. The zero-order chi connectivity index (χ0) is 16.8. The molecule has 3 N–H and O–H groups in total. The molecule has 1 aromatic heterocycles. The Balaban J connectivity index is 1.92. The number of aryl methyl sites for hydroxylation is 1. The Morgan fingerprint density at radius 3 is 2.35 bits per heavy atom. The highest BCUT2D eigenvalue weighted by molar-refractivity contribution is 7.14. The quantitative estimate of drug-likeness (QED) is 0.764. The van der Waals surface area contributed by atoms with Crippen molar-refractivity contribution in [1.82, 2.24) is 5.32 Å². The number of amides is 2. The van der Waals surface area contributed by atoms with Crippen molar-refractivity contribution in [3.63, 3.8) is 0 Å². The highest BCUT2D eigenvalue weighted by Gasteiger charge is 2.20. The van der Waals surface area contributed by atoms with Gasteiger partial charge in [0.15, 0.2) is 5.78 Å². The van der Waals surface area contributed by atoms with Crippen molar-refractivity contribution in [1.29, 1.82) is 0 Å². The van der Waals surface area contributed by atoms with Gasteiger partial charge in [-0.1, -0.05) is 30.3 Å². The molecule has 0 aliphatic heterocycles. The molecule has 1 heterocycles. The Morgan fingerprint density at radius 2 is 1.78 bits per heavy atom. The third kappa shape index (κ3) is 4.75. The molecule has 5 nitrogen and oxygen atoms in total. The summed E-state index contributed by atoms with van der Waals surface area (Å²) in [5.41, 5.74) is 5.97. The first-order valence-corrected chi connectivity index (χ1v) is 8.02. The summed E-state index contributed by atoms with van der Waals surface area (Å²) in [6, 6.07) is 11.5. The Kier molecular flexibility index (Phi) is 5.65. The van der Waals surface area contributed by atoms with Gasteiger partial charge in [0.05, 0.1) is 4.88 Å². The minimum atomic E-state index is -0.886. The molecule has 6 heteroatoms. The molecule has 2 amide bonds. The number of nitrogens with one attached hydrogen (secondary N) is 1. The number of rotatable bonds is 7. The Hall–Kier alpha value is -2.47. The van der Waals surface area contributed by atoms with Crippen LogP contribution in [0, 0.1) is 6.92 Å². The molecule has 120 valence electrons. The molecule has 0 fully saturated rings. The van der Waals surface area contributed by atoms with Crippen LogP contribution in [0.15, 0.2) is 42.5 Å². The predicted octanol–water partition coefficient (Wildman–Crippen LogP) is 2.36. The normalized spacial score (nSPS) is 11.7. The molecule has 0 saturated carbocycles. The molecular weight excluding hydrogens is 312 g/mol. The van der Waals surface area contributed by atoms with Gasteiger partial charge in [-0.25, -0.2) is 0 Å². The molecule has 0 saturated heterocycles. The van der Waals surface area contributed by atoms with Crippen molar-refractivity contribution in [3.05, 3.63) is 57.8 Å². The average molecular weight is 330 g/mol. The number of carbonyl (C=O) groups is 3. The van der Waals surface area contributed by atoms with E-state index in [0.29, 0.717) is 10.4 Å². The maximum atomic E-state index is 12.0. The summed E-state index contributed by atoms with van der Waals surface area (Å²) in [5.74, 6) is -1.09. The first-order valence-electron chi connectivity index (χ1n) is 7.20. The van der Waals surface area contributed by atoms with Gasteiger partial charge in [-0.05, 0) is 24.6 Å². The van der Waals surface area contributed by atoms with Crippen LogP contribution in [0.5, 0.6) is 0 Å². The van der Waals surface area contributed by atoms with E-state index in [1.54, 1.807) is 30.3 Å². The molecule has 1 aromatic carbocycles. The fourth-order valence-electron chi connectivity index (χ4n) is 2.13. The zero-order valence-corrected chi connectivity index (χ0v) is 13.6. The summed E-state index contributed by atoms with van der Waals surface area (Å²) < 4.78 is 0. The molecule has 0 aliphatic carbocycles. The lowest BCUT2D eigenvalue weighted by Crippen LogP contribution is -2.37. The number of Topliss-reactive ketones (excluding diaryl/α,β-unsaturated/α-hetero) is 1. The van der Waals surface area contributed by atoms with Gasteiger partial charge in [-0.3, -0.25) is 14.4 Å². The summed E-state index contributed by atoms with van der Waals surface area (Å²) in [6.07, 6.45) is 0.123. The summed E-state index contributed by atoms with van der Waals surface area (Å²) in [6.45, 7) is 1.92. The van der Waals surface area contributed by atoms with Crippen LogP contribution in [0.3, 0.4) is 0 Å². The first kappa shape index (κ1) is 16.9. The van der Waals surface area contributed by atoms with Crippen LogP contribution in [0.25, 0.3) is 0 Å². The van der Waals surface area contributed by atoms with Crippen molar-refractivity contribution in [2.24, 2.45) is 5.73 Å². The van der Waals surface area contributed by atoms with E-state index in [-0.39, 0.29) is 24.5 Å². The van der Waals surface area contributed by atoms with Gasteiger partial charge in [0.1, 0.15) is 6.04 Å². The van der Waals surface area contributed by atoms with E-state index in [1.807, 2.05) is 19.1 Å². The SMILES string of the molecule is Cc1ccc(C(=O)CCC(=O)NC(C(N)=O)c2ccccc2)s1. The average Bonchev–Trinajstić information content (AvgIpc) is 2.97. The van der Waals surface area contributed by atoms with Crippen LogP contribution in [0.2, 0.25) is 0 Å². The minimum absolute atomic E-state index is 0.0202. The molecule has 0 radical (unpaired) electrons. The highest BCUT2D eigenvalue weighted by Crippen LogP contribution is 2.18. The maximum absolute atomic E-state index is 12.0. The van der Waals surface area contributed by atoms with Gasteiger partial charge >= 0.3 is 0 Å². The molecule has 2 rings (SSSR count). The van der Waals surface area contributed by atoms with E-state index < -0.39 is 11.9 Å². The van der Waals surface area contributed by atoms with E-state index in [2.05, 4.69) is 5.32 Å². The van der Waals surface area contributed by atoms with Crippen LogP contribution in [-0.2, 0) is 9.59 Å². The van der Waals surface area contributed by atoms with Crippen molar-refractivity contribution in [2.75, 3.05) is 0 Å². The van der Waals surface area contributed by atoms with Gasteiger partial charge in [0, 0.05) is 17.7 Å². The second-order valence-electron chi connectivity index (χ2n) is 5.15. The molecule has 1 atom stereocenters. The Morgan fingerprint density at radius 1 is 1.09 bits per heavy atom. The minimum Gasteiger partial charge on any atom is -0.368 e. The van der Waals surface area contributed by atoms with Gasteiger partial charge in [-0.2, -0.15) is 0 Å². The first-order chi connectivity index (χ1) is 11.0. The zero-order valence-electron chi connectivity index (χ0n) is 12.7. The second kappa shape index (κ2) is 7.69. The van der Waals surface area contributed by atoms with Crippen LogP contribution in [0.4, 0.5) is 0 Å². The number of hydrogen-bond acceptors (Lipinski definition) is 4. The number of thiophene rings is 1. The molecule has 0 bridgehead atoms. The summed E-state index contributed by atoms with van der Waals surface area (Å²) in [5, 5.41) is 2.58. The van der Waals surface area contributed by atoms with E-state index in [4.69, 9.17) is 5.73 Å². The van der Waals surface area contributed by atoms with Crippen LogP contribution >= 0.6 is 11.3 Å². The van der Waals surface area contributed by atoms with Crippen molar-refractivity contribution >= 4 is 28.9 Å². The van der Waals surface area contributed by atoms with E-state index in [0.717, 1.165) is 4.88 Å². The third-order valence-electron chi connectivity index (χ3n) is 3.32. The Labute approximate surface area is 138 Å². The topological polar surface area (TPSA) is 89.3 Å². The number of benzene rings is 1. The summed E-state index contributed by atoms with van der Waals surface area (Å²) in [4.78, 5) is 37.2. The number of carbonyl (C=O) groups excluding carboxylic acids is 3. The number of primary amides is 1. The van der Waals surface area contributed by atoms with Gasteiger partial charge < -0.3 is 11.1 Å². The lowest BCUT2D eigenvalue weighted by Gasteiger charge is -2.15. The summed E-state index contributed by atoms with van der Waals surface area (Å²) >= 11 is 1.41. The molecule has 0 aliphatic rings. The standard InChI is InChI=1S/C17H18N2O3S/c1-11-7-9-14(23-11)13(20)8-10-15(21)19-16(17(18)22)12-5-3-2-4-6-12/h2-7,9,16H,8,10H2,1H3,(H2,18,22)(H,19,21). The van der Waals surface area contributed by atoms with E-state index in [1.165, 1.54) is 11.3 Å². The number of hydrogen-bond donors (Lipinski definition) is 2. The fraction of sp³-hybridized carbons (Fsp3) is 0.235. The molecule has 0 spiro atoms. The van der Waals surface area contributed by atoms with Gasteiger partial charge in [-0.15, -0.1) is 11.3 Å². The number of ketones is 1. The molecule has 1 unspecified atom stereocenters. The van der Waals surface area contributed by atoms with Gasteiger partial charge in [0.2, 0.25) is 11.8 Å². The lowest BCUT2D eigenvalue weighted by atomic mass is 10.1. The number of nitrogens with two attached hydrogens (primary N) is 1. The van der Waals surface area contributed by atoms with Crippen LogP contribution in [0.1, 0.15) is 39.0 Å². The third-order valence-corrected chi connectivity index (χ3v) is 4.36. The van der Waals surface area contributed by atoms with E-state index >= 15 is 0 Å². The molecule has 23 heavy (non-hydrogen) atoms. The lowest BCUT2D eigenvalue weighted by molar-refractivity contribution is -0.127. The van der Waals surface area contributed by atoms with Crippen molar-refractivity contribution < 1.29 is 14.4 Å². The Bertz CT molecular complexity index is 710. The second-order valence-corrected chi connectivity index (χ2v) is 6.43. The van der Waals surface area contributed by atoms with Gasteiger partial charge in [0.25, 0.3) is 0 Å². The van der Waals surface area contributed by atoms with Crippen molar-refractivity contribution in [3.8, 4) is 0 Å².